The summed E-state index contributed by atoms with van der Waals surface area (Å²) in [5, 5.41) is 3.13. The number of hydrogen-bond acceptors (Lipinski definition) is 6. The number of rotatable bonds is 4. The van der Waals surface area contributed by atoms with E-state index in [-0.39, 0.29) is 0 Å². The summed E-state index contributed by atoms with van der Waals surface area (Å²) in [5.41, 5.74) is 3.52. The number of pyridine rings is 1. The monoisotopic (exact) mass is 216 g/mol. The van der Waals surface area contributed by atoms with Crippen molar-refractivity contribution >= 4 is 11.6 Å². The molecule has 0 aliphatic rings. The van der Waals surface area contributed by atoms with Gasteiger partial charge in [-0.25, -0.2) is 10.8 Å². The van der Waals surface area contributed by atoms with Crippen molar-refractivity contribution < 1.29 is 0 Å². The van der Waals surface area contributed by atoms with Gasteiger partial charge in [-0.2, -0.15) is 0 Å². The van der Waals surface area contributed by atoms with Gasteiger partial charge in [0.2, 0.25) is 0 Å². The van der Waals surface area contributed by atoms with Gasteiger partial charge >= 0.3 is 0 Å². The Morgan fingerprint density at radius 2 is 2.00 bits per heavy atom. The van der Waals surface area contributed by atoms with Gasteiger partial charge < -0.3 is 10.7 Å². The standard InChI is InChI=1S/C10H12N6/c11-16-10-7-13-6-9(15-10)14-5-8-2-1-3-12-4-8/h1-4,6-7H,5,11H2,(H2,14,15,16). The summed E-state index contributed by atoms with van der Waals surface area (Å²) in [6.07, 6.45) is 6.72. The number of hydrogen-bond donors (Lipinski definition) is 3. The number of nitrogens with two attached hydrogens (primary N) is 1. The van der Waals surface area contributed by atoms with Crippen LogP contribution in [0.25, 0.3) is 0 Å². The molecule has 0 fully saturated rings. The number of nitrogens with one attached hydrogen (secondary N) is 2. The molecule has 0 aromatic carbocycles. The van der Waals surface area contributed by atoms with E-state index < -0.39 is 0 Å². The largest absolute Gasteiger partial charge is 0.365 e. The summed E-state index contributed by atoms with van der Waals surface area (Å²) in [6.45, 7) is 0.649. The summed E-state index contributed by atoms with van der Waals surface area (Å²) >= 11 is 0. The van der Waals surface area contributed by atoms with Gasteiger partial charge in [-0.1, -0.05) is 6.07 Å². The number of hydrazine groups is 1. The van der Waals surface area contributed by atoms with Crippen LogP contribution in [0, 0.1) is 0 Å². The van der Waals surface area contributed by atoms with E-state index in [0.717, 1.165) is 5.56 Å². The quantitative estimate of drug-likeness (QED) is 0.516. The van der Waals surface area contributed by atoms with Crippen molar-refractivity contribution in [3.63, 3.8) is 0 Å². The molecule has 0 bridgehead atoms. The molecule has 0 spiro atoms. The Morgan fingerprint density at radius 3 is 2.75 bits per heavy atom. The second-order valence-corrected chi connectivity index (χ2v) is 3.15. The van der Waals surface area contributed by atoms with Crippen LogP contribution < -0.4 is 16.6 Å². The van der Waals surface area contributed by atoms with E-state index in [2.05, 4.69) is 25.7 Å². The molecule has 2 aromatic rings. The molecule has 0 radical (unpaired) electrons. The van der Waals surface area contributed by atoms with Gasteiger partial charge in [-0.05, 0) is 11.6 Å². The zero-order chi connectivity index (χ0) is 11.2. The Balaban J connectivity index is 1.99. The molecule has 6 nitrogen and oxygen atoms in total. The topological polar surface area (TPSA) is 88.8 Å². The second kappa shape index (κ2) is 5.04. The van der Waals surface area contributed by atoms with Crippen molar-refractivity contribution in [3.05, 3.63) is 42.5 Å². The van der Waals surface area contributed by atoms with Gasteiger partial charge in [-0.15, -0.1) is 0 Å². The maximum absolute atomic E-state index is 5.24. The van der Waals surface area contributed by atoms with Crippen molar-refractivity contribution in [1.82, 2.24) is 15.0 Å². The van der Waals surface area contributed by atoms with Crippen LogP contribution in [0.4, 0.5) is 11.6 Å². The van der Waals surface area contributed by atoms with E-state index in [1.807, 2.05) is 12.1 Å². The van der Waals surface area contributed by atoms with Crippen molar-refractivity contribution in [2.24, 2.45) is 5.84 Å². The van der Waals surface area contributed by atoms with E-state index in [1.54, 1.807) is 24.8 Å². The van der Waals surface area contributed by atoms with E-state index in [9.17, 15) is 0 Å². The molecular weight excluding hydrogens is 204 g/mol. The highest BCUT2D eigenvalue weighted by Gasteiger charge is 1.97. The van der Waals surface area contributed by atoms with Gasteiger partial charge in [0.25, 0.3) is 0 Å². The zero-order valence-corrected chi connectivity index (χ0v) is 8.59. The van der Waals surface area contributed by atoms with Crippen LogP contribution >= 0.6 is 0 Å². The van der Waals surface area contributed by atoms with Crippen LogP contribution in [-0.2, 0) is 6.54 Å². The van der Waals surface area contributed by atoms with E-state index >= 15 is 0 Å². The van der Waals surface area contributed by atoms with Crippen molar-refractivity contribution in [1.29, 1.82) is 0 Å². The molecule has 0 amide bonds. The molecule has 16 heavy (non-hydrogen) atoms. The molecule has 2 heterocycles. The lowest BCUT2D eigenvalue weighted by Gasteiger charge is -2.06. The maximum Gasteiger partial charge on any atom is 0.160 e. The minimum atomic E-state index is 0.524. The first kappa shape index (κ1) is 10.3. The number of anilines is 2. The number of aromatic nitrogens is 3. The first-order valence-corrected chi connectivity index (χ1v) is 4.80. The Morgan fingerprint density at radius 1 is 1.12 bits per heavy atom. The smallest absolute Gasteiger partial charge is 0.160 e. The lowest BCUT2D eigenvalue weighted by molar-refractivity contribution is 1.06. The van der Waals surface area contributed by atoms with Gasteiger partial charge in [0, 0.05) is 18.9 Å². The lowest BCUT2D eigenvalue weighted by atomic mass is 10.3. The summed E-state index contributed by atoms with van der Waals surface area (Å²) in [6, 6.07) is 3.87. The normalized spacial score (nSPS) is 9.81. The van der Waals surface area contributed by atoms with Crippen LogP contribution in [0.15, 0.2) is 36.9 Å². The third-order valence-corrected chi connectivity index (χ3v) is 1.98. The third kappa shape index (κ3) is 2.64. The van der Waals surface area contributed by atoms with Crippen LogP contribution in [0.3, 0.4) is 0 Å². The highest BCUT2D eigenvalue weighted by Crippen LogP contribution is 2.06. The molecule has 0 saturated heterocycles. The minimum Gasteiger partial charge on any atom is -0.365 e. The second-order valence-electron chi connectivity index (χ2n) is 3.15. The summed E-state index contributed by atoms with van der Waals surface area (Å²) < 4.78 is 0. The van der Waals surface area contributed by atoms with Gasteiger partial charge in [0.15, 0.2) is 5.82 Å². The van der Waals surface area contributed by atoms with Crippen molar-refractivity contribution in [2.75, 3.05) is 10.7 Å². The summed E-state index contributed by atoms with van der Waals surface area (Å²) in [4.78, 5) is 12.2. The molecule has 4 N–H and O–H groups in total. The summed E-state index contributed by atoms with van der Waals surface area (Å²) in [5.74, 6) is 6.43. The number of nitrogen functional groups attached to an aromatic ring is 1. The Labute approximate surface area is 92.9 Å². The van der Waals surface area contributed by atoms with Crippen LogP contribution in [0.1, 0.15) is 5.56 Å². The predicted molar refractivity (Wildman–Crippen MR) is 61.4 cm³/mol. The molecule has 0 unspecified atom stereocenters. The van der Waals surface area contributed by atoms with Crippen LogP contribution in [0.2, 0.25) is 0 Å². The third-order valence-electron chi connectivity index (χ3n) is 1.98. The molecule has 2 rings (SSSR count). The van der Waals surface area contributed by atoms with Crippen molar-refractivity contribution in [2.45, 2.75) is 6.54 Å². The summed E-state index contributed by atoms with van der Waals surface area (Å²) in [7, 11) is 0. The fourth-order valence-corrected chi connectivity index (χ4v) is 1.22. The molecule has 0 aliphatic heterocycles. The average molecular weight is 216 g/mol. The zero-order valence-electron chi connectivity index (χ0n) is 8.59. The average Bonchev–Trinajstić information content (AvgIpc) is 2.38. The lowest BCUT2D eigenvalue weighted by Crippen LogP contribution is -2.10. The van der Waals surface area contributed by atoms with E-state index in [0.29, 0.717) is 18.2 Å². The molecule has 0 atom stereocenters. The highest BCUT2D eigenvalue weighted by molar-refractivity contribution is 5.40. The fraction of sp³-hybridized carbons (Fsp3) is 0.100. The predicted octanol–water partition coefficient (Wildman–Crippen LogP) is 0.769. The molecule has 82 valence electrons. The molecule has 0 aliphatic carbocycles. The first-order chi connectivity index (χ1) is 7.88. The maximum atomic E-state index is 5.24. The molecule has 0 saturated carbocycles. The Kier molecular flexibility index (Phi) is 3.25. The fourth-order valence-electron chi connectivity index (χ4n) is 1.22. The van der Waals surface area contributed by atoms with Gasteiger partial charge in [0.1, 0.15) is 5.82 Å². The first-order valence-electron chi connectivity index (χ1n) is 4.80. The Hall–Kier alpha value is -2.21. The van der Waals surface area contributed by atoms with E-state index in [1.165, 1.54) is 0 Å². The van der Waals surface area contributed by atoms with Gasteiger partial charge in [-0.3, -0.25) is 9.97 Å². The van der Waals surface area contributed by atoms with Crippen LogP contribution in [-0.4, -0.2) is 15.0 Å². The molecule has 2 aromatic heterocycles. The Bertz CT molecular complexity index is 444. The molecular formula is C10H12N6. The highest BCUT2D eigenvalue weighted by atomic mass is 15.3. The molecule has 6 heteroatoms. The van der Waals surface area contributed by atoms with E-state index in [4.69, 9.17) is 5.84 Å². The van der Waals surface area contributed by atoms with Gasteiger partial charge in [0.05, 0.1) is 12.4 Å². The van der Waals surface area contributed by atoms with Crippen LogP contribution in [0.5, 0.6) is 0 Å². The van der Waals surface area contributed by atoms with Crippen molar-refractivity contribution in [3.8, 4) is 0 Å². The number of nitrogens with zero attached hydrogens (tertiary/aromatic N) is 3. The SMILES string of the molecule is NNc1cncc(NCc2cccnc2)n1. The minimum absolute atomic E-state index is 0.524.